The maximum atomic E-state index is 11.7. The lowest BCUT2D eigenvalue weighted by atomic mass is 9.50. The van der Waals surface area contributed by atoms with E-state index >= 15 is 0 Å². The van der Waals surface area contributed by atoms with Crippen molar-refractivity contribution in [3.05, 3.63) is 24.3 Å². The molecule has 120 valence electrons. The summed E-state index contributed by atoms with van der Waals surface area (Å²) in [6, 6.07) is 0. The van der Waals surface area contributed by atoms with E-state index < -0.39 is 5.60 Å². The highest BCUT2D eigenvalue weighted by Crippen LogP contribution is 2.64. The van der Waals surface area contributed by atoms with Crippen LogP contribution in [0.15, 0.2) is 24.3 Å². The lowest BCUT2D eigenvalue weighted by Gasteiger charge is -2.56. The highest BCUT2D eigenvalue weighted by molar-refractivity contribution is 5.92. The molecule has 0 aromatic rings. The van der Waals surface area contributed by atoms with E-state index in [0.717, 1.165) is 30.8 Å². The second-order valence-corrected chi connectivity index (χ2v) is 8.44. The molecule has 4 rings (SSSR count). The zero-order valence-electron chi connectivity index (χ0n) is 13.7. The summed E-state index contributed by atoms with van der Waals surface area (Å²) < 4.78 is 0. The summed E-state index contributed by atoms with van der Waals surface area (Å²) in [6.45, 7) is 6.54. The molecule has 4 aliphatic carbocycles. The van der Waals surface area contributed by atoms with Gasteiger partial charge in [-0.1, -0.05) is 13.0 Å². The molecular weight excluding hydrogens is 272 g/mol. The molecule has 0 spiro atoms. The number of fused-ring (bicyclic) bond motifs is 5. The molecule has 3 unspecified atom stereocenters. The van der Waals surface area contributed by atoms with Gasteiger partial charge in [-0.15, -0.1) is 6.58 Å². The first-order valence-corrected chi connectivity index (χ1v) is 9.08. The van der Waals surface area contributed by atoms with Crippen LogP contribution in [0.4, 0.5) is 0 Å². The third kappa shape index (κ3) is 1.79. The number of rotatable bonds is 1. The standard InChI is InChI=1S/C20H28O2/c1-3-13-5-7-17-16-6-4-14-12-15(21)8-11-20(14,22)18(16)9-10-19(13,17)2/h3,12-13,16-18,22H,1,4-11H2,2H3/t13-,16?,17?,18?,19+,20+/m0/s1. The predicted octanol–water partition coefficient (Wildman–Crippen LogP) is 4.05. The van der Waals surface area contributed by atoms with Crippen molar-refractivity contribution in [1.82, 2.24) is 0 Å². The van der Waals surface area contributed by atoms with Crippen LogP contribution in [0.25, 0.3) is 0 Å². The molecule has 22 heavy (non-hydrogen) atoms. The van der Waals surface area contributed by atoms with Crippen molar-refractivity contribution in [2.45, 2.75) is 63.9 Å². The van der Waals surface area contributed by atoms with E-state index in [0.29, 0.717) is 36.0 Å². The highest BCUT2D eigenvalue weighted by Gasteiger charge is 2.59. The second kappa shape index (κ2) is 4.80. The number of hydrogen-bond acceptors (Lipinski definition) is 2. The first kappa shape index (κ1) is 14.7. The zero-order valence-corrected chi connectivity index (χ0v) is 13.7. The minimum absolute atomic E-state index is 0.214. The van der Waals surface area contributed by atoms with Crippen molar-refractivity contribution in [2.24, 2.45) is 29.1 Å². The smallest absolute Gasteiger partial charge is 0.155 e. The molecule has 0 heterocycles. The Morgan fingerprint density at radius 2 is 2.00 bits per heavy atom. The molecule has 0 aromatic carbocycles. The van der Waals surface area contributed by atoms with Gasteiger partial charge in [0.2, 0.25) is 0 Å². The molecule has 6 atom stereocenters. The molecular formula is C20H28O2. The maximum Gasteiger partial charge on any atom is 0.155 e. The molecule has 4 aliphatic rings. The highest BCUT2D eigenvalue weighted by atomic mass is 16.3. The molecule has 1 N–H and O–H groups in total. The second-order valence-electron chi connectivity index (χ2n) is 8.44. The van der Waals surface area contributed by atoms with Gasteiger partial charge in [-0.2, -0.15) is 0 Å². The summed E-state index contributed by atoms with van der Waals surface area (Å²) in [4.78, 5) is 11.7. The number of aliphatic hydroxyl groups is 1. The molecule has 0 aliphatic heterocycles. The monoisotopic (exact) mass is 300 g/mol. The van der Waals surface area contributed by atoms with Crippen LogP contribution in [0.5, 0.6) is 0 Å². The summed E-state index contributed by atoms with van der Waals surface area (Å²) in [5.41, 5.74) is 0.766. The summed E-state index contributed by atoms with van der Waals surface area (Å²) in [5.74, 6) is 2.61. The molecule has 0 bridgehead atoms. The van der Waals surface area contributed by atoms with Crippen LogP contribution in [0.3, 0.4) is 0 Å². The van der Waals surface area contributed by atoms with Crippen LogP contribution < -0.4 is 0 Å². The first-order chi connectivity index (χ1) is 10.5. The largest absolute Gasteiger partial charge is 0.385 e. The lowest BCUT2D eigenvalue weighted by molar-refractivity contribution is -0.125. The van der Waals surface area contributed by atoms with Crippen LogP contribution >= 0.6 is 0 Å². The van der Waals surface area contributed by atoms with E-state index in [1.54, 1.807) is 6.08 Å². The zero-order chi connectivity index (χ0) is 15.5. The molecule has 0 aromatic heterocycles. The minimum Gasteiger partial charge on any atom is -0.385 e. The average molecular weight is 300 g/mol. The molecule has 0 amide bonds. The van der Waals surface area contributed by atoms with Gasteiger partial charge in [0.05, 0.1) is 5.60 Å². The van der Waals surface area contributed by atoms with Crippen molar-refractivity contribution in [3.8, 4) is 0 Å². The molecule has 2 nitrogen and oxygen atoms in total. The number of carbonyl (C=O) groups excluding carboxylic acids is 1. The Labute approximate surface area is 133 Å². The lowest BCUT2D eigenvalue weighted by Crippen LogP contribution is -2.55. The Morgan fingerprint density at radius 3 is 2.77 bits per heavy atom. The van der Waals surface area contributed by atoms with Crippen LogP contribution in [0.2, 0.25) is 0 Å². The van der Waals surface area contributed by atoms with Gasteiger partial charge in [0.15, 0.2) is 5.78 Å². The molecule has 2 heteroatoms. The predicted molar refractivity (Wildman–Crippen MR) is 87.2 cm³/mol. The number of ketones is 1. The number of allylic oxidation sites excluding steroid dienone is 1. The van der Waals surface area contributed by atoms with E-state index in [9.17, 15) is 9.90 Å². The van der Waals surface area contributed by atoms with Gasteiger partial charge in [0.1, 0.15) is 0 Å². The van der Waals surface area contributed by atoms with E-state index in [2.05, 4.69) is 19.6 Å². The van der Waals surface area contributed by atoms with E-state index in [1.807, 2.05) is 0 Å². The van der Waals surface area contributed by atoms with Gasteiger partial charge >= 0.3 is 0 Å². The van der Waals surface area contributed by atoms with Gasteiger partial charge < -0.3 is 5.11 Å². The van der Waals surface area contributed by atoms with Gasteiger partial charge in [-0.25, -0.2) is 0 Å². The summed E-state index contributed by atoms with van der Waals surface area (Å²) in [6.07, 6.45) is 12.1. The number of carbonyl (C=O) groups is 1. The third-order valence-electron chi connectivity index (χ3n) is 7.80. The Kier molecular flexibility index (Phi) is 3.21. The number of hydrogen-bond donors (Lipinski definition) is 1. The molecule has 0 radical (unpaired) electrons. The van der Waals surface area contributed by atoms with E-state index in [1.165, 1.54) is 19.3 Å². The van der Waals surface area contributed by atoms with E-state index in [-0.39, 0.29) is 5.78 Å². The topological polar surface area (TPSA) is 37.3 Å². The Bertz CT molecular complexity index is 548. The first-order valence-electron chi connectivity index (χ1n) is 9.08. The average Bonchev–Trinajstić information content (AvgIpc) is 2.84. The Hall–Kier alpha value is -0.890. The van der Waals surface area contributed by atoms with Gasteiger partial charge in [0, 0.05) is 6.42 Å². The quantitative estimate of drug-likeness (QED) is 0.742. The minimum atomic E-state index is -0.676. The van der Waals surface area contributed by atoms with Gasteiger partial charge in [0.25, 0.3) is 0 Å². The molecule has 0 saturated heterocycles. The van der Waals surface area contributed by atoms with Crippen molar-refractivity contribution in [1.29, 1.82) is 0 Å². The van der Waals surface area contributed by atoms with Gasteiger partial charge in [-0.3, -0.25) is 4.79 Å². The summed E-state index contributed by atoms with van der Waals surface area (Å²) in [5, 5.41) is 11.4. The van der Waals surface area contributed by atoms with Crippen molar-refractivity contribution in [3.63, 3.8) is 0 Å². The molecule has 3 fully saturated rings. The van der Waals surface area contributed by atoms with Crippen LogP contribution in [-0.2, 0) is 4.79 Å². The van der Waals surface area contributed by atoms with Crippen molar-refractivity contribution >= 4 is 5.78 Å². The fourth-order valence-electron chi connectivity index (χ4n) is 6.61. The Morgan fingerprint density at radius 1 is 1.18 bits per heavy atom. The fourth-order valence-corrected chi connectivity index (χ4v) is 6.61. The van der Waals surface area contributed by atoms with Crippen molar-refractivity contribution in [2.75, 3.05) is 0 Å². The summed E-state index contributed by atoms with van der Waals surface area (Å²) >= 11 is 0. The normalized spacial score (nSPS) is 50.6. The molecule has 3 saturated carbocycles. The van der Waals surface area contributed by atoms with Crippen molar-refractivity contribution < 1.29 is 9.90 Å². The summed E-state index contributed by atoms with van der Waals surface area (Å²) in [7, 11) is 0. The van der Waals surface area contributed by atoms with Gasteiger partial charge in [-0.05, 0) is 85.7 Å². The Balaban J connectivity index is 1.68. The van der Waals surface area contributed by atoms with Crippen LogP contribution in [-0.4, -0.2) is 16.5 Å². The third-order valence-corrected chi connectivity index (χ3v) is 7.80. The van der Waals surface area contributed by atoms with Crippen LogP contribution in [0.1, 0.15) is 58.3 Å². The van der Waals surface area contributed by atoms with Crippen LogP contribution in [0, 0.1) is 29.1 Å². The SMILES string of the molecule is C=C[C@H]1CCC2C3CCC4=CC(=O)CC[C@]4(O)C3CC[C@@]21C. The fraction of sp³-hybridized carbons (Fsp3) is 0.750. The maximum absolute atomic E-state index is 11.7. The van der Waals surface area contributed by atoms with E-state index in [4.69, 9.17) is 0 Å².